The Bertz CT molecular complexity index is 175. The van der Waals surface area contributed by atoms with Crippen LogP contribution in [0.1, 0.15) is 46.5 Å². The summed E-state index contributed by atoms with van der Waals surface area (Å²) in [5, 5.41) is 0. The van der Waals surface area contributed by atoms with E-state index in [0.29, 0.717) is 18.1 Å². The van der Waals surface area contributed by atoms with Crippen molar-refractivity contribution in [1.82, 2.24) is 0 Å². The van der Waals surface area contributed by atoms with Crippen molar-refractivity contribution in [3.05, 3.63) is 0 Å². The number of ether oxygens (including phenoxy) is 2. The third-order valence-electron chi connectivity index (χ3n) is 3.42. The molecule has 0 aromatic heterocycles. The summed E-state index contributed by atoms with van der Waals surface area (Å²) in [6.07, 6.45) is 5.36. The Labute approximate surface area is 80.6 Å². The van der Waals surface area contributed by atoms with Crippen LogP contribution in [0.25, 0.3) is 0 Å². The van der Waals surface area contributed by atoms with E-state index in [1.807, 2.05) is 0 Å². The zero-order chi connectivity index (χ0) is 9.47. The van der Waals surface area contributed by atoms with Crippen molar-refractivity contribution in [2.24, 2.45) is 5.92 Å². The minimum Gasteiger partial charge on any atom is -0.347 e. The van der Waals surface area contributed by atoms with E-state index in [1.54, 1.807) is 0 Å². The summed E-state index contributed by atoms with van der Waals surface area (Å²) in [7, 11) is 0. The molecule has 76 valence electrons. The van der Waals surface area contributed by atoms with Crippen LogP contribution in [0.3, 0.4) is 0 Å². The zero-order valence-corrected chi connectivity index (χ0v) is 8.88. The molecule has 2 heteroatoms. The Kier molecular flexibility index (Phi) is 2.37. The van der Waals surface area contributed by atoms with Crippen molar-refractivity contribution in [2.75, 3.05) is 0 Å². The summed E-state index contributed by atoms with van der Waals surface area (Å²) in [5.41, 5.74) is 0. The van der Waals surface area contributed by atoms with Gasteiger partial charge in [-0.3, -0.25) is 0 Å². The van der Waals surface area contributed by atoms with Crippen LogP contribution < -0.4 is 0 Å². The first-order valence-electron chi connectivity index (χ1n) is 5.47. The molecule has 0 saturated carbocycles. The molecule has 0 unspecified atom stereocenters. The fourth-order valence-electron chi connectivity index (χ4n) is 2.54. The minimum atomic E-state index is -0.212. The van der Waals surface area contributed by atoms with Gasteiger partial charge in [0, 0.05) is 12.8 Å². The maximum Gasteiger partial charge on any atom is 0.169 e. The van der Waals surface area contributed by atoms with Gasteiger partial charge < -0.3 is 9.47 Å². The molecule has 2 aliphatic heterocycles. The fraction of sp³-hybridized carbons (Fsp3) is 1.00. The van der Waals surface area contributed by atoms with Crippen LogP contribution in [0, 0.1) is 5.92 Å². The van der Waals surface area contributed by atoms with E-state index in [1.165, 1.54) is 12.8 Å². The summed E-state index contributed by atoms with van der Waals surface area (Å²) in [6, 6.07) is 0. The SMILES string of the molecule is C[C@@H]1CCC[C@]2(C[C@@H](C)[C@@H](C)O2)O1. The molecule has 0 aliphatic carbocycles. The number of hydrogen-bond acceptors (Lipinski definition) is 2. The maximum atomic E-state index is 5.95. The second-order valence-electron chi connectivity index (χ2n) is 4.74. The molecule has 13 heavy (non-hydrogen) atoms. The first kappa shape index (κ1) is 9.47. The van der Waals surface area contributed by atoms with Crippen LogP contribution in [-0.2, 0) is 9.47 Å². The van der Waals surface area contributed by atoms with E-state index in [9.17, 15) is 0 Å². The molecular formula is C11H20O2. The summed E-state index contributed by atoms with van der Waals surface area (Å²) < 4.78 is 11.9. The summed E-state index contributed by atoms with van der Waals surface area (Å²) in [5.74, 6) is 0.432. The Hall–Kier alpha value is -0.0800. The van der Waals surface area contributed by atoms with E-state index in [0.717, 1.165) is 12.8 Å². The van der Waals surface area contributed by atoms with Gasteiger partial charge in [-0.15, -0.1) is 0 Å². The Morgan fingerprint density at radius 1 is 1.15 bits per heavy atom. The summed E-state index contributed by atoms with van der Waals surface area (Å²) in [6.45, 7) is 6.56. The van der Waals surface area contributed by atoms with Gasteiger partial charge in [-0.25, -0.2) is 0 Å². The quantitative estimate of drug-likeness (QED) is 0.576. The lowest BCUT2D eigenvalue weighted by Gasteiger charge is -2.36. The molecule has 0 radical (unpaired) electrons. The lowest BCUT2D eigenvalue weighted by Crippen LogP contribution is -2.39. The minimum absolute atomic E-state index is 0.212. The average molecular weight is 184 g/mol. The van der Waals surface area contributed by atoms with E-state index < -0.39 is 0 Å². The van der Waals surface area contributed by atoms with E-state index in [4.69, 9.17) is 9.47 Å². The highest BCUT2D eigenvalue weighted by molar-refractivity contribution is 4.87. The van der Waals surface area contributed by atoms with Crippen molar-refractivity contribution in [3.63, 3.8) is 0 Å². The smallest absolute Gasteiger partial charge is 0.169 e. The molecule has 4 atom stereocenters. The molecular weight excluding hydrogens is 164 g/mol. The van der Waals surface area contributed by atoms with Crippen molar-refractivity contribution in [2.45, 2.75) is 64.4 Å². The molecule has 2 heterocycles. The van der Waals surface area contributed by atoms with Crippen molar-refractivity contribution in [3.8, 4) is 0 Å². The Morgan fingerprint density at radius 3 is 2.46 bits per heavy atom. The van der Waals surface area contributed by atoms with Crippen molar-refractivity contribution < 1.29 is 9.47 Å². The van der Waals surface area contributed by atoms with E-state index >= 15 is 0 Å². The van der Waals surface area contributed by atoms with Gasteiger partial charge in [-0.05, 0) is 32.6 Å². The van der Waals surface area contributed by atoms with Crippen LogP contribution in [0.15, 0.2) is 0 Å². The van der Waals surface area contributed by atoms with Gasteiger partial charge in [0.2, 0.25) is 0 Å². The van der Waals surface area contributed by atoms with Crippen molar-refractivity contribution >= 4 is 0 Å². The number of rotatable bonds is 0. The lowest BCUT2D eigenvalue weighted by molar-refractivity contribution is -0.264. The second kappa shape index (κ2) is 3.25. The third-order valence-corrected chi connectivity index (χ3v) is 3.42. The van der Waals surface area contributed by atoms with Gasteiger partial charge >= 0.3 is 0 Å². The Morgan fingerprint density at radius 2 is 1.92 bits per heavy atom. The largest absolute Gasteiger partial charge is 0.347 e. The molecule has 1 spiro atoms. The van der Waals surface area contributed by atoms with E-state index in [2.05, 4.69) is 20.8 Å². The third kappa shape index (κ3) is 1.75. The average Bonchev–Trinajstić information content (AvgIpc) is 2.26. The lowest BCUT2D eigenvalue weighted by atomic mass is 9.94. The molecule has 2 nitrogen and oxygen atoms in total. The first-order chi connectivity index (χ1) is 6.11. The predicted molar refractivity (Wildman–Crippen MR) is 51.5 cm³/mol. The standard InChI is InChI=1S/C11H20O2/c1-8-7-11(13-10(8)3)6-4-5-9(2)12-11/h8-10H,4-7H2,1-3H3/t8-,9-,10-,11+/m1/s1. The molecule has 0 amide bonds. The van der Waals surface area contributed by atoms with Gasteiger partial charge in [-0.2, -0.15) is 0 Å². The van der Waals surface area contributed by atoms with Crippen LogP contribution in [0.2, 0.25) is 0 Å². The predicted octanol–water partition coefficient (Wildman–Crippen LogP) is 2.72. The van der Waals surface area contributed by atoms with Crippen LogP contribution >= 0.6 is 0 Å². The summed E-state index contributed by atoms with van der Waals surface area (Å²) >= 11 is 0. The molecule has 2 saturated heterocycles. The van der Waals surface area contributed by atoms with Crippen LogP contribution in [0.4, 0.5) is 0 Å². The van der Waals surface area contributed by atoms with Gasteiger partial charge in [0.15, 0.2) is 5.79 Å². The molecule has 0 N–H and O–H groups in total. The topological polar surface area (TPSA) is 18.5 Å². The molecule has 2 rings (SSSR count). The molecule has 0 aromatic carbocycles. The first-order valence-corrected chi connectivity index (χ1v) is 5.47. The van der Waals surface area contributed by atoms with Gasteiger partial charge in [0.05, 0.1) is 12.2 Å². The van der Waals surface area contributed by atoms with Gasteiger partial charge in [0.25, 0.3) is 0 Å². The maximum absolute atomic E-state index is 5.95. The molecule has 0 bridgehead atoms. The molecule has 2 fully saturated rings. The molecule has 2 aliphatic rings. The monoisotopic (exact) mass is 184 g/mol. The van der Waals surface area contributed by atoms with Crippen LogP contribution in [-0.4, -0.2) is 18.0 Å². The highest BCUT2D eigenvalue weighted by Crippen LogP contribution is 2.42. The zero-order valence-electron chi connectivity index (χ0n) is 8.88. The van der Waals surface area contributed by atoms with Crippen LogP contribution in [0.5, 0.6) is 0 Å². The normalized spacial score (nSPS) is 51.5. The molecule has 0 aromatic rings. The second-order valence-corrected chi connectivity index (χ2v) is 4.74. The highest BCUT2D eigenvalue weighted by atomic mass is 16.7. The van der Waals surface area contributed by atoms with Crippen molar-refractivity contribution in [1.29, 1.82) is 0 Å². The fourth-order valence-corrected chi connectivity index (χ4v) is 2.54. The highest BCUT2D eigenvalue weighted by Gasteiger charge is 2.45. The summed E-state index contributed by atoms with van der Waals surface area (Å²) in [4.78, 5) is 0. The van der Waals surface area contributed by atoms with Gasteiger partial charge in [-0.1, -0.05) is 6.92 Å². The van der Waals surface area contributed by atoms with E-state index in [-0.39, 0.29) is 5.79 Å². The Balaban J connectivity index is 2.04. The van der Waals surface area contributed by atoms with Gasteiger partial charge in [0.1, 0.15) is 0 Å². The number of hydrogen-bond donors (Lipinski definition) is 0.